The topological polar surface area (TPSA) is 41.1 Å². The molecular formula is C18H10ClN3. The fraction of sp³-hybridized carbons (Fsp3) is 0. The minimum Gasteiger partial charge on any atom is -0.291 e. The average Bonchev–Trinajstić information content (AvgIpc) is 2.94. The van der Waals surface area contributed by atoms with Crippen molar-refractivity contribution in [3.8, 4) is 17.5 Å². The van der Waals surface area contributed by atoms with E-state index in [4.69, 9.17) is 11.6 Å². The van der Waals surface area contributed by atoms with Gasteiger partial charge in [0, 0.05) is 10.9 Å². The summed E-state index contributed by atoms with van der Waals surface area (Å²) in [7, 11) is 0. The van der Waals surface area contributed by atoms with E-state index < -0.39 is 0 Å². The van der Waals surface area contributed by atoms with Crippen molar-refractivity contribution in [2.24, 2.45) is 0 Å². The van der Waals surface area contributed by atoms with E-state index in [9.17, 15) is 5.26 Å². The van der Waals surface area contributed by atoms with Gasteiger partial charge >= 0.3 is 0 Å². The molecule has 0 atom stereocenters. The standard InChI is InChI=1S/C18H10ClN3/c19-14-10-17-15(11-20)21-18(12-6-2-1-3-7-12)22(17)16-9-5-4-8-13(14)16/h1-10H. The van der Waals surface area contributed by atoms with Gasteiger partial charge in [0.15, 0.2) is 5.69 Å². The third-order valence-electron chi connectivity index (χ3n) is 3.72. The predicted molar refractivity (Wildman–Crippen MR) is 87.9 cm³/mol. The lowest BCUT2D eigenvalue weighted by Gasteiger charge is -2.07. The van der Waals surface area contributed by atoms with Gasteiger partial charge in [-0.1, -0.05) is 60.1 Å². The molecule has 0 radical (unpaired) electrons. The lowest BCUT2D eigenvalue weighted by Crippen LogP contribution is -1.92. The van der Waals surface area contributed by atoms with E-state index >= 15 is 0 Å². The lowest BCUT2D eigenvalue weighted by atomic mass is 10.2. The molecule has 4 rings (SSSR count). The van der Waals surface area contributed by atoms with Crippen LogP contribution in [0, 0.1) is 11.3 Å². The number of hydrogen-bond donors (Lipinski definition) is 0. The SMILES string of the molecule is N#Cc1nc(-c2ccccc2)n2c1cc(Cl)c1ccccc12. The molecule has 0 saturated heterocycles. The zero-order valence-electron chi connectivity index (χ0n) is 11.5. The highest BCUT2D eigenvalue weighted by Crippen LogP contribution is 2.31. The van der Waals surface area contributed by atoms with Crippen molar-refractivity contribution in [2.45, 2.75) is 0 Å². The number of pyridine rings is 1. The first-order valence-electron chi connectivity index (χ1n) is 6.85. The van der Waals surface area contributed by atoms with E-state index in [2.05, 4.69) is 11.1 Å². The van der Waals surface area contributed by atoms with Gasteiger partial charge < -0.3 is 0 Å². The maximum Gasteiger partial charge on any atom is 0.167 e. The first kappa shape index (κ1) is 12.9. The van der Waals surface area contributed by atoms with Crippen molar-refractivity contribution >= 4 is 28.0 Å². The molecule has 3 nitrogen and oxygen atoms in total. The van der Waals surface area contributed by atoms with Crippen LogP contribution in [0.25, 0.3) is 27.8 Å². The smallest absolute Gasteiger partial charge is 0.167 e. The summed E-state index contributed by atoms with van der Waals surface area (Å²) in [6.07, 6.45) is 0. The van der Waals surface area contributed by atoms with Gasteiger partial charge in [-0.3, -0.25) is 4.40 Å². The van der Waals surface area contributed by atoms with Crippen LogP contribution in [0.2, 0.25) is 5.02 Å². The third kappa shape index (κ3) is 1.78. The van der Waals surface area contributed by atoms with Crippen LogP contribution in [-0.4, -0.2) is 9.38 Å². The lowest BCUT2D eigenvalue weighted by molar-refractivity contribution is 1.21. The summed E-state index contributed by atoms with van der Waals surface area (Å²) in [5.74, 6) is 0.750. The Balaban J connectivity index is 2.24. The largest absolute Gasteiger partial charge is 0.291 e. The summed E-state index contributed by atoms with van der Waals surface area (Å²) in [6.45, 7) is 0. The van der Waals surface area contributed by atoms with Crippen molar-refractivity contribution in [1.82, 2.24) is 9.38 Å². The molecule has 0 amide bonds. The maximum atomic E-state index is 9.39. The fourth-order valence-corrected chi connectivity index (χ4v) is 3.00. The van der Waals surface area contributed by atoms with Crippen LogP contribution < -0.4 is 0 Å². The number of benzene rings is 2. The number of fused-ring (bicyclic) bond motifs is 3. The van der Waals surface area contributed by atoms with Crippen LogP contribution in [0.1, 0.15) is 5.69 Å². The summed E-state index contributed by atoms with van der Waals surface area (Å²) >= 11 is 6.37. The number of para-hydroxylation sites is 1. The van der Waals surface area contributed by atoms with Crippen LogP contribution >= 0.6 is 11.6 Å². The molecule has 0 spiro atoms. The average molecular weight is 304 g/mol. The molecule has 2 aromatic carbocycles. The molecule has 4 aromatic rings. The number of aromatic nitrogens is 2. The Kier molecular flexibility index (Phi) is 2.85. The summed E-state index contributed by atoms with van der Waals surface area (Å²) in [5, 5.41) is 11.0. The minimum atomic E-state index is 0.381. The molecule has 0 fully saturated rings. The van der Waals surface area contributed by atoms with Gasteiger partial charge in [-0.2, -0.15) is 5.26 Å². The third-order valence-corrected chi connectivity index (χ3v) is 4.03. The van der Waals surface area contributed by atoms with Gasteiger partial charge in [0.1, 0.15) is 11.9 Å². The number of imidazole rings is 1. The first-order valence-corrected chi connectivity index (χ1v) is 7.22. The Morgan fingerprint density at radius 2 is 1.68 bits per heavy atom. The van der Waals surface area contributed by atoms with Gasteiger partial charge in [-0.25, -0.2) is 4.98 Å². The highest BCUT2D eigenvalue weighted by atomic mass is 35.5. The van der Waals surface area contributed by atoms with Gasteiger partial charge in [-0.05, 0) is 12.1 Å². The molecule has 0 saturated carbocycles. The molecule has 104 valence electrons. The van der Waals surface area contributed by atoms with Crippen molar-refractivity contribution in [2.75, 3.05) is 0 Å². The van der Waals surface area contributed by atoms with Crippen molar-refractivity contribution in [1.29, 1.82) is 5.26 Å². The summed E-state index contributed by atoms with van der Waals surface area (Å²) in [4.78, 5) is 4.51. The molecule has 0 aliphatic heterocycles. The second kappa shape index (κ2) is 4.87. The number of halogens is 1. The van der Waals surface area contributed by atoms with E-state index in [1.807, 2.05) is 65.1 Å². The Hall–Kier alpha value is -2.83. The molecule has 2 aromatic heterocycles. The highest BCUT2D eigenvalue weighted by Gasteiger charge is 2.16. The molecule has 0 N–H and O–H groups in total. The summed E-state index contributed by atoms with van der Waals surface area (Å²) in [6, 6.07) is 21.7. The quantitative estimate of drug-likeness (QED) is 0.512. The zero-order valence-corrected chi connectivity index (χ0v) is 12.2. The molecule has 0 bridgehead atoms. The molecule has 4 heteroatoms. The Bertz CT molecular complexity index is 1040. The Morgan fingerprint density at radius 3 is 2.45 bits per heavy atom. The van der Waals surface area contributed by atoms with Crippen LogP contribution in [0.4, 0.5) is 0 Å². The van der Waals surface area contributed by atoms with E-state index in [0.29, 0.717) is 10.7 Å². The Labute approximate surface area is 132 Å². The van der Waals surface area contributed by atoms with E-state index in [-0.39, 0.29) is 0 Å². The van der Waals surface area contributed by atoms with E-state index in [1.54, 1.807) is 0 Å². The molecule has 0 unspecified atom stereocenters. The molecule has 0 aliphatic carbocycles. The number of rotatable bonds is 1. The van der Waals surface area contributed by atoms with Gasteiger partial charge in [0.05, 0.1) is 16.1 Å². The van der Waals surface area contributed by atoms with Crippen molar-refractivity contribution in [3.05, 3.63) is 71.4 Å². The summed E-state index contributed by atoms with van der Waals surface area (Å²) in [5.41, 5.74) is 3.01. The zero-order chi connectivity index (χ0) is 15.1. The second-order valence-corrected chi connectivity index (χ2v) is 5.40. The normalized spacial score (nSPS) is 10.9. The van der Waals surface area contributed by atoms with E-state index in [0.717, 1.165) is 27.8 Å². The van der Waals surface area contributed by atoms with Gasteiger partial charge in [0.2, 0.25) is 0 Å². The van der Waals surface area contributed by atoms with Crippen LogP contribution in [0.5, 0.6) is 0 Å². The van der Waals surface area contributed by atoms with Crippen molar-refractivity contribution < 1.29 is 0 Å². The van der Waals surface area contributed by atoms with Crippen molar-refractivity contribution in [3.63, 3.8) is 0 Å². The minimum absolute atomic E-state index is 0.381. The molecular weight excluding hydrogens is 294 g/mol. The Morgan fingerprint density at radius 1 is 0.955 bits per heavy atom. The number of nitriles is 1. The monoisotopic (exact) mass is 303 g/mol. The highest BCUT2D eigenvalue weighted by molar-refractivity contribution is 6.35. The van der Waals surface area contributed by atoms with Crippen LogP contribution in [0.3, 0.4) is 0 Å². The number of nitrogens with zero attached hydrogens (tertiary/aromatic N) is 3. The number of hydrogen-bond acceptors (Lipinski definition) is 2. The molecule has 22 heavy (non-hydrogen) atoms. The first-order chi connectivity index (χ1) is 10.8. The molecule has 0 aliphatic rings. The van der Waals surface area contributed by atoms with Gasteiger partial charge in [0.25, 0.3) is 0 Å². The fourth-order valence-electron chi connectivity index (χ4n) is 2.74. The maximum absolute atomic E-state index is 9.39. The second-order valence-electron chi connectivity index (χ2n) is 4.99. The van der Waals surface area contributed by atoms with Crippen LogP contribution in [0.15, 0.2) is 60.7 Å². The predicted octanol–water partition coefficient (Wildman–Crippen LogP) is 4.68. The van der Waals surface area contributed by atoms with Gasteiger partial charge in [-0.15, -0.1) is 0 Å². The van der Waals surface area contributed by atoms with E-state index in [1.165, 1.54) is 0 Å². The van der Waals surface area contributed by atoms with Crippen LogP contribution in [-0.2, 0) is 0 Å². The summed E-state index contributed by atoms with van der Waals surface area (Å²) < 4.78 is 2.00. The molecule has 2 heterocycles.